The maximum atomic E-state index is 13.5. The van der Waals surface area contributed by atoms with Gasteiger partial charge in [0.05, 0.1) is 31.8 Å². The van der Waals surface area contributed by atoms with Crippen molar-refractivity contribution >= 4 is 17.8 Å². The third-order valence-corrected chi connectivity index (χ3v) is 9.68. The molecule has 0 aromatic rings. The van der Waals surface area contributed by atoms with E-state index in [1.54, 1.807) is 13.0 Å². The van der Waals surface area contributed by atoms with E-state index < -0.39 is 5.54 Å². The van der Waals surface area contributed by atoms with E-state index in [1.807, 2.05) is 13.8 Å². The van der Waals surface area contributed by atoms with E-state index >= 15 is 0 Å². The number of hydrogen-bond donors (Lipinski definition) is 2. The summed E-state index contributed by atoms with van der Waals surface area (Å²) in [6, 6.07) is 0.232. The van der Waals surface area contributed by atoms with Gasteiger partial charge in [-0.15, -0.1) is 0 Å². The Kier molecular flexibility index (Phi) is 7.38. The number of carbonyl (C=O) groups is 3. The number of esters is 1. The summed E-state index contributed by atoms with van der Waals surface area (Å²) in [5.74, 6) is 1.63. The van der Waals surface area contributed by atoms with Gasteiger partial charge in [-0.25, -0.2) is 0 Å². The molecule has 7 atom stereocenters. The smallest absolute Gasteiger partial charge is 0.308 e. The van der Waals surface area contributed by atoms with E-state index in [0.29, 0.717) is 37.6 Å². The van der Waals surface area contributed by atoms with Gasteiger partial charge in [0.2, 0.25) is 11.8 Å². The zero-order valence-electron chi connectivity index (χ0n) is 22.2. The zero-order chi connectivity index (χ0) is 25.4. The van der Waals surface area contributed by atoms with E-state index in [9.17, 15) is 14.4 Å². The number of rotatable bonds is 8. The molecule has 7 nitrogen and oxygen atoms in total. The fraction of sp³-hybridized carbons (Fsp3) is 0.821. The first-order chi connectivity index (χ1) is 16.5. The van der Waals surface area contributed by atoms with Gasteiger partial charge in [0, 0.05) is 17.4 Å². The standard InChI is InChI=1S/C28H44N2O5/c1-6-35-24(32)13-16-34-17-26(2,3)30-25(33)21-9-8-19-18-7-10-22-28(5,15-12-23(31)29-22)20(18)11-14-27(19,21)4/h12,15,18-22H,6-11,13-14,16-17H2,1-5H3,(H,29,31)(H,30,33)/t18-,19-,20-,21+,22+,27-,28+/m0/s1. The van der Waals surface area contributed by atoms with Crippen molar-refractivity contribution in [3.05, 3.63) is 12.2 Å². The third kappa shape index (κ3) is 5.03. The minimum atomic E-state index is -0.506. The first-order valence-corrected chi connectivity index (χ1v) is 13.6. The molecule has 0 aromatic heterocycles. The van der Waals surface area contributed by atoms with Gasteiger partial charge in [0.15, 0.2) is 0 Å². The van der Waals surface area contributed by atoms with Crippen molar-refractivity contribution in [2.75, 3.05) is 19.8 Å². The Morgan fingerprint density at radius 2 is 1.91 bits per heavy atom. The van der Waals surface area contributed by atoms with Crippen molar-refractivity contribution in [3.63, 3.8) is 0 Å². The largest absolute Gasteiger partial charge is 0.466 e. The molecule has 0 aromatic carbocycles. The van der Waals surface area contributed by atoms with Crippen LogP contribution in [-0.2, 0) is 23.9 Å². The molecular formula is C28H44N2O5. The van der Waals surface area contributed by atoms with E-state index in [0.717, 1.165) is 38.5 Å². The van der Waals surface area contributed by atoms with E-state index in [2.05, 4.69) is 30.6 Å². The average Bonchev–Trinajstić information content (AvgIpc) is 3.14. The fourth-order valence-corrected chi connectivity index (χ4v) is 7.94. The second kappa shape index (κ2) is 9.87. The van der Waals surface area contributed by atoms with Crippen LogP contribution in [0.4, 0.5) is 0 Å². The predicted octanol–water partition coefficient (Wildman–Crippen LogP) is 3.76. The lowest BCUT2D eigenvalue weighted by Crippen LogP contribution is -2.60. The molecular weight excluding hydrogens is 444 g/mol. The molecule has 3 aliphatic carbocycles. The lowest BCUT2D eigenvalue weighted by atomic mass is 9.48. The van der Waals surface area contributed by atoms with Gasteiger partial charge in [-0.3, -0.25) is 14.4 Å². The normalized spacial score (nSPS) is 38.1. The first-order valence-electron chi connectivity index (χ1n) is 13.6. The van der Waals surface area contributed by atoms with Crippen molar-refractivity contribution in [2.45, 2.75) is 91.1 Å². The van der Waals surface area contributed by atoms with E-state index in [4.69, 9.17) is 9.47 Å². The van der Waals surface area contributed by atoms with Gasteiger partial charge in [0.25, 0.3) is 0 Å². The number of carbonyl (C=O) groups excluding carboxylic acids is 3. The molecule has 7 heteroatoms. The Balaban J connectivity index is 1.37. The molecule has 0 unspecified atom stereocenters. The molecule has 0 spiro atoms. The highest BCUT2D eigenvalue weighted by atomic mass is 16.5. The molecule has 35 heavy (non-hydrogen) atoms. The number of nitrogens with one attached hydrogen (secondary N) is 2. The van der Waals surface area contributed by atoms with Crippen LogP contribution in [0.15, 0.2) is 12.2 Å². The highest BCUT2D eigenvalue weighted by Crippen LogP contribution is 2.65. The Morgan fingerprint density at radius 1 is 1.14 bits per heavy atom. The van der Waals surface area contributed by atoms with Gasteiger partial charge in [-0.2, -0.15) is 0 Å². The van der Waals surface area contributed by atoms with Crippen LogP contribution in [0.3, 0.4) is 0 Å². The lowest BCUT2D eigenvalue weighted by molar-refractivity contribution is -0.145. The van der Waals surface area contributed by atoms with Crippen LogP contribution in [0.5, 0.6) is 0 Å². The van der Waals surface area contributed by atoms with Crippen LogP contribution in [0, 0.1) is 34.5 Å². The Labute approximate surface area is 210 Å². The van der Waals surface area contributed by atoms with Crippen molar-refractivity contribution in [3.8, 4) is 0 Å². The SMILES string of the molecule is CCOC(=O)CCOCC(C)(C)NC(=O)[C@H]1CC[C@H]2[C@@H]3CC[C@H]4NC(=O)C=C[C@]4(C)[C@H]3CC[C@]12C. The summed E-state index contributed by atoms with van der Waals surface area (Å²) < 4.78 is 10.6. The highest BCUT2D eigenvalue weighted by Gasteiger charge is 2.61. The summed E-state index contributed by atoms with van der Waals surface area (Å²) in [6.07, 6.45) is 10.5. The molecule has 3 saturated carbocycles. The van der Waals surface area contributed by atoms with Crippen LogP contribution in [0.25, 0.3) is 0 Å². The van der Waals surface area contributed by atoms with Crippen LogP contribution in [0.1, 0.15) is 79.6 Å². The quantitative estimate of drug-likeness (QED) is 0.401. The summed E-state index contributed by atoms with van der Waals surface area (Å²) in [5, 5.41) is 6.48. The number of hydrogen-bond acceptors (Lipinski definition) is 5. The zero-order valence-corrected chi connectivity index (χ0v) is 22.2. The van der Waals surface area contributed by atoms with Crippen LogP contribution < -0.4 is 10.6 Å². The van der Waals surface area contributed by atoms with Crippen LogP contribution in [0.2, 0.25) is 0 Å². The Morgan fingerprint density at radius 3 is 2.66 bits per heavy atom. The second-order valence-corrected chi connectivity index (χ2v) is 12.4. The van der Waals surface area contributed by atoms with Gasteiger partial charge in [-0.1, -0.05) is 19.9 Å². The molecule has 196 valence electrons. The maximum Gasteiger partial charge on any atom is 0.308 e. The van der Waals surface area contributed by atoms with Crippen LogP contribution in [-0.4, -0.2) is 49.2 Å². The number of fused-ring (bicyclic) bond motifs is 5. The topological polar surface area (TPSA) is 93.7 Å². The van der Waals surface area contributed by atoms with Gasteiger partial charge in [-0.05, 0) is 88.5 Å². The predicted molar refractivity (Wildman–Crippen MR) is 133 cm³/mol. The monoisotopic (exact) mass is 488 g/mol. The molecule has 2 amide bonds. The fourth-order valence-electron chi connectivity index (χ4n) is 7.94. The van der Waals surface area contributed by atoms with Crippen molar-refractivity contribution in [2.24, 2.45) is 34.5 Å². The number of amides is 2. The van der Waals surface area contributed by atoms with Gasteiger partial charge >= 0.3 is 5.97 Å². The molecule has 2 N–H and O–H groups in total. The first kappa shape index (κ1) is 26.2. The summed E-state index contributed by atoms with van der Waals surface area (Å²) in [4.78, 5) is 37.0. The summed E-state index contributed by atoms with van der Waals surface area (Å²) in [6.45, 7) is 11.4. The molecule has 1 aliphatic heterocycles. The van der Waals surface area contributed by atoms with Gasteiger partial charge in [0.1, 0.15) is 0 Å². The maximum absolute atomic E-state index is 13.5. The van der Waals surface area contributed by atoms with Crippen molar-refractivity contribution in [1.82, 2.24) is 10.6 Å². The average molecular weight is 489 g/mol. The molecule has 4 aliphatic rings. The Hall–Kier alpha value is -1.89. The molecule has 0 bridgehead atoms. The minimum absolute atomic E-state index is 0.0108. The second-order valence-electron chi connectivity index (χ2n) is 12.4. The summed E-state index contributed by atoms with van der Waals surface area (Å²) in [5.41, 5.74) is -0.480. The Bertz CT molecular complexity index is 869. The van der Waals surface area contributed by atoms with E-state index in [1.165, 1.54) is 0 Å². The van der Waals surface area contributed by atoms with Crippen molar-refractivity contribution < 1.29 is 23.9 Å². The highest BCUT2D eigenvalue weighted by molar-refractivity contribution is 5.89. The third-order valence-electron chi connectivity index (χ3n) is 9.68. The molecule has 3 fully saturated rings. The van der Waals surface area contributed by atoms with E-state index in [-0.39, 0.29) is 47.0 Å². The number of ether oxygens (including phenoxy) is 2. The molecule has 0 radical (unpaired) electrons. The molecule has 1 heterocycles. The van der Waals surface area contributed by atoms with Crippen LogP contribution >= 0.6 is 0 Å². The van der Waals surface area contributed by atoms with Gasteiger partial charge < -0.3 is 20.1 Å². The summed E-state index contributed by atoms with van der Waals surface area (Å²) >= 11 is 0. The lowest BCUT2D eigenvalue weighted by Gasteiger charge is -2.58. The van der Waals surface area contributed by atoms with Crippen molar-refractivity contribution in [1.29, 1.82) is 0 Å². The molecule has 0 saturated heterocycles. The molecule has 4 rings (SSSR count). The summed E-state index contributed by atoms with van der Waals surface area (Å²) in [7, 11) is 0. The minimum Gasteiger partial charge on any atom is -0.466 e.